The zero-order valence-corrected chi connectivity index (χ0v) is 12.7. The van der Waals surface area contributed by atoms with Gasteiger partial charge in [0.05, 0.1) is 6.54 Å². The van der Waals surface area contributed by atoms with Crippen LogP contribution in [-0.4, -0.2) is 47.1 Å². The maximum Gasteiger partial charge on any atom is 0.260 e. The molecule has 0 aromatic heterocycles. The van der Waals surface area contributed by atoms with E-state index in [9.17, 15) is 14.7 Å². The third-order valence-corrected chi connectivity index (χ3v) is 3.99. The van der Waals surface area contributed by atoms with Gasteiger partial charge in [-0.3, -0.25) is 9.59 Å². The van der Waals surface area contributed by atoms with Crippen molar-refractivity contribution >= 4 is 11.8 Å². The van der Waals surface area contributed by atoms with Gasteiger partial charge in [-0.25, -0.2) is 0 Å². The number of nitrogens with zero attached hydrogens (tertiary/aromatic N) is 1. The molecule has 2 rings (SSSR count). The summed E-state index contributed by atoms with van der Waals surface area (Å²) in [5, 5.41) is 10.1. The van der Waals surface area contributed by atoms with Crippen molar-refractivity contribution in [2.75, 3.05) is 19.7 Å². The average molecular weight is 306 g/mol. The lowest BCUT2D eigenvalue weighted by Gasteiger charge is -2.36. The minimum absolute atomic E-state index is 0.0695. The van der Waals surface area contributed by atoms with E-state index in [4.69, 9.17) is 10.5 Å². The predicted octanol–water partition coefficient (Wildman–Crippen LogP) is 0.467. The molecule has 1 heterocycles. The molecule has 6 heteroatoms. The highest BCUT2D eigenvalue weighted by molar-refractivity contribution is 5.85. The van der Waals surface area contributed by atoms with Gasteiger partial charge in [0.1, 0.15) is 5.75 Å². The highest BCUT2D eigenvalue weighted by Crippen LogP contribution is 2.22. The number of likely N-dealkylation sites (tertiary alicyclic amines) is 1. The number of carbonyl (C=O) groups is 2. The second-order valence-electron chi connectivity index (χ2n) is 5.56. The molecule has 1 fully saturated rings. The highest BCUT2D eigenvalue weighted by Gasteiger charge is 2.40. The SMILES string of the molecule is CCc1ccccc1OCC(=O)N1CCC[C@@](O)(C(N)=O)C1. The Kier molecular flexibility index (Phi) is 5.03. The molecule has 2 amide bonds. The predicted molar refractivity (Wildman–Crippen MR) is 81.3 cm³/mol. The highest BCUT2D eigenvalue weighted by atomic mass is 16.5. The molecule has 1 aliphatic rings. The summed E-state index contributed by atoms with van der Waals surface area (Å²) < 4.78 is 5.58. The summed E-state index contributed by atoms with van der Waals surface area (Å²) >= 11 is 0. The van der Waals surface area contributed by atoms with Crippen LogP contribution in [0, 0.1) is 0 Å². The standard InChI is InChI=1S/C16H22N2O4/c1-2-12-6-3-4-7-13(12)22-10-14(19)18-9-5-8-16(21,11-18)15(17)20/h3-4,6-7,21H,2,5,8-11H2,1H3,(H2,17,20)/t16-/m0/s1. The van der Waals surface area contributed by atoms with Crippen LogP contribution in [0.25, 0.3) is 0 Å². The van der Waals surface area contributed by atoms with Gasteiger partial charge in [0.25, 0.3) is 11.8 Å². The van der Waals surface area contributed by atoms with Gasteiger partial charge in [0, 0.05) is 6.54 Å². The molecule has 0 unspecified atom stereocenters. The third-order valence-electron chi connectivity index (χ3n) is 3.99. The van der Waals surface area contributed by atoms with Crippen molar-refractivity contribution in [1.29, 1.82) is 0 Å². The summed E-state index contributed by atoms with van der Waals surface area (Å²) in [4.78, 5) is 25.0. The van der Waals surface area contributed by atoms with Crippen molar-refractivity contribution in [2.45, 2.75) is 31.8 Å². The van der Waals surface area contributed by atoms with E-state index >= 15 is 0 Å². The van der Waals surface area contributed by atoms with Gasteiger partial charge in [-0.1, -0.05) is 25.1 Å². The monoisotopic (exact) mass is 306 g/mol. The Morgan fingerprint density at radius 3 is 2.82 bits per heavy atom. The second-order valence-corrected chi connectivity index (χ2v) is 5.56. The number of aryl methyl sites for hydroxylation is 1. The normalized spacial score (nSPS) is 21.5. The van der Waals surface area contributed by atoms with E-state index < -0.39 is 11.5 Å². The number of ether oxygens (including phenoxy) is 1. The van der Waals surface area contributed by atoms with Crippen molar-refractivity contribution in [3.63, 3.8) is 0 Å². The molecule has 1 saturated heterocycles. The van der Waals surface area contributed by atoms with Gasteiger partial charge in [-0.2, -0.15) is 0 Å². The molecule has 6 nitrogen and oxygen atoms in total. The zero-order valence-electron chi connectivity index (χ0n) is 12.7. The third kappa shape index (κ3) is 3.57. The fourth-order valence-corrected chi connectivity index (χ4v) is 2.62. The smallest absolute Gasteiger partial charge is 0.260 e. The van der Waals surface area contributed by atoms with Gasteiger partial charge < -0.3 is 20.5 Å². The number of aliphatic hydroxyl groups is 1. The Balaban J connectivity index is 1.96. The molecule has 22 heavy (non-hydrogen) atoms. The summed E-state index contributed by atoms with van der Waals surface area (Å²) in [6.45, 7) is 2.32. The van der Waals surface area contributed by atoms with E-state index in [0.29, 0.717) is 18.7 Å². The zero-order chi connectivity index (χ0) is 16.2. The summed E-state index contributed by atoms with van der Waals surface area (Å²) in [5.41, 5.74) is 4.61. The van der Waals surface area contributed by atoms with Crippen LogP contribution in [0.5, 0.6) is 5.75 Å². The van der Waals surface area contributed by atoms with Crippen LogP contribution < -0.4 is 10.5 Å². The molecule has 1 atom stereocenters. The molecule has 0 saturated carbocycles. The van der Waals surface area contributed by atoms with Gasteiger partial charge in [-0.15, -0.1) is 0 Å². The minimum atomic E-state index is -1.63. The first-order valence-corrected chi connectivity index (χ1v) is 7.47. The molecule has 0 bridgehead atoms. The lowest BCUT2D eigenvalue weighted by Crippen LogP contribution is -2.57. The van der Waals surface area contributed by atoms with E-state index in [1.807, 2.05) is 31.2 Å². The number of β-amino-alcohol motifs (C(OH)–C–C–N with tert-alkyl or cyclic N) is 1. The molecule has 0 aliphatic carbocycles. The van der Waals surface area contributed by atoms with Gasteiger partial charge >= 0.3 is 0 Å². The summed E-state index contributed by atoms with van der Waals surface area (Å²) in [5.74, 6) is -0.368. The Labute approximate surface area is 129 Å². The number of nitrogens with two attached hydrogens (primary N) is 1. The first-order valence-electron chi connectivity index (χ1n) is 7.47. The van der Waals surface area contributed by atoms with Crippen molar-refractivity contribution in [1.82, 2.24) is 4.90 Å². The molecule has 1 aliphatic heterocycles. The van der Waals surface area contributed by atoms with E-state index in [1.54, 1.807) is 0 Å². The number of amides is 2. The summed E-state index contributed by atoms with van der Waals surface area (Å²) in [7, 11) is 0. The second kappa shape index (κ2) is 6.79. The molecular weight excluding hydrogens is 284 g/mol. The van der Waals surface area contributed by atoms with Crippen molar-refractivity contribution in [2.24, 2.45) is 5.73 Å². The van der Waals surface area contributed by atoms with Crippen LogP contribution in [0.4, 0.5) is 0 Å². The lowest BCUT2D eigenvalue weighted by molar-refractivity contribution is -0.150. The summed E-state index contributed by atoms with van der Waals surface area (Å²) in [6.07, 6.45) is 1.64. The molecular formula is C16H22N2O4. The topological polar surface area (TPSA) is 92.9 Å². The number of piperidine rings is 1. The van der Waals surface area contributed by atoms with Crippen LogP contribution >= 0.6 is 0 Å². The van der Waals surface area contributed by atoms with Crippen molar-refractivity contribution in [3.05, 3.63) is 29.8 Å². The average Bonchev–Trinajstić information content (AvgIpc) is 2.52. The van der Waals surface area contributed by atoms with Gasteiger partial charge in [0.2, 0.25) is 0 Å². The maximum absolute atomic E-state index is 12.2. The number of carbonyl (C=O) groups excluding carboxylic acids is 2. The van der Waals surface area contributed by atoms with Gasteiger partial charge in [0.15, 0.2) is 12.2 Å². The van der Waals surface area contributed by atoms with E-state index in [-0.39, 0.29) is 25.5 Å². The van der Waals surface area contributed by atoms with E-state index in [2.05, 4.69) is 0 Å². The van der Waals surface area contributed by atoms with Crippen LogP contribution in [0.2, 0.25) is 0 Å². The summed E-state index contributed by atoms with van der Waals surface area (Å²) in [6, 6.07) is 7.55. The quantitative estimate of drug-likeness (QED) is 0.827. The van der Waals surface area contributed by atoms with Crippen LogP contribution in [-0.2, 0) is 16.0 Å². The van der Waals surface area contributed by atoms with E-state index in [0.717, 1.165) is 12.0 Å². The Morgan fingerprint density at radius 2 is 2.14 bits per heavy atom. The molecule has 1 aromatic rings. The first-order chi connectivity index (χ1) is 10.5. The Morgan fingerprint density at radius 1 is 1.41 bits per heavy atom. The van der Waals surface area contributed by atoms with Gasteiger partial charge in [-0.05, 0) is 30.9 Å². The van der Waals surface area contributed by atoms with Crippen molar-refractivity contribution < 1.29 is 19.4 Å². The van der Waals surface area contributed by atoms with Crippen molar-refractivity contribution in [3.8, 4) is 5.75 Å². The van der Waals surface area contributed by atoms with Crippen LogP contribution in [0.3, 0.4) is 0 Å². The van der Waals surface area contributed by atoms with E-state index in [1.165, 1.54) is 4.90 Å². The molecule has 3 N–H and O–H groups in total. The number of hydrogen-bond acceptors (Lipinski definition) is 4. The number of hydrogen-bond donors (Lipinski definition) is 2. The van der Waals surface area contributed by atoms with Crippen LogP contribution in [0.15, 0.2) is 24.3 Å². The number of para-hydroxylation sites is 1. The molecule has 1 aromatic carbocycles. The molecule has 0 spiro atoms. The first kappa shape index (κ1) is 16.3. The lowest BCUT2D eigenvalue weighted by atomic mass is 9.92. The Bertz CT molecular complexity index is 561. The fourth-order valence-electron chi connectivity index (χ4n) is 2.62. The largest absolute Gasteiger partial charge is 0.483 e. The minimum Gasteiger partial charge on any atom is -0.483 e. The maximum atomic E-state index is 12.2. The van der Waals surface area contributed by atoms with Crippen LogP contribution in [0.1, 0.15) is 25.3 Å². The molecule has 0 radical (unpaired) electrons. The number of benzene rings is 1. The fraction of sp³-hybridized carbons (Fsp3) is 0.500. The number of rotatable bonds is 5. The Hall–Kier alpha value is -2.08. The number of primary amides is 1. The molecule has 120 valence electrons.